The van der Waals surface area contributed by atoms with Gasteiger partial charge in [0.1, 0.15) is 0 Å². The lowest BCUT2D eigenvalue weighted by atomic mass is 9.96. The quantitative estimate of drug-likeness (QED) is 0.449. The van der Waals surface area contributed by atoms with Crippen molar-refractivity contribution in [2.75, 3.05) is 5.75 Å². The zero-order chi connectivity index (χ0) is 11.8. The van der Waals surface area contributed by atoms with Crippen LogP contribution in [0.5, 0.6) is 0 Å². The van der Waals surface area contributed by atoms with Crippen molar-refractivity contribution in [2.45, 2.75) is 38.1 Å². The first-order valence-corrected chi connectivity index (χ1v) is 6.62. The molecule has 0 heterocycles. The second-order valence-electron chi connectivity index (χ2n) is 3.84. The molecule has 4 N–H and O–H groups in total. The van der Waals surface area contributed by atoms with Gasteiger partial charge in [0.2, 0.25) is 0 Å². The van der Waals surface area contributed by atoms with Gasteiger partial charge in [-0.2, -0.15) is 4.99 Å². The van der Waals surface area contributed by atoms with E-state index in [2.05, 4.69) is 16.6 Å². The molecule has 1 aliphatic carbocycles. The fraction of sp³-hybridized carbons (Fsp3) is 0.636. The van der Waals surface area contributed by atoms with Gasteiger partial charge < -0.3 is 11.5 Å². The first-order chi connectivity index (χ1) is 7.72. The maximum absolute atomic E-state index is 5.38. The molecule has 0 amide bonds. The molecule has 1 fully saturated rings. The van der Waals surface area contributed by atoms with Gasteiger partial charge in [-0.1, -0.05) is 37.1 Å². The van der Waals surface area contributed by atoms with Crippen molar-refractivity contribution in [3.05, 3.63) is 12.7 Å². The summed E-state index contributed by atoms with van der Waals surface area (Å²) in [5, 5.41) is 0.687. The van der Waals surface area contributed by atoms with E-state index in [0.29, 0.717) is 11.2 Å². The lowest BCUT2D eigenvalue weighted by Gasteiger charge is -2.17. The van der Waals surface area contributed by atoms with Gasteiger partial charge in [-0.15, -0.1) is 6.58 Å². The molecule has 1 aliphatic rings. The Bertz CT molecular complexity index is 276. The molecule has 1 saturated carbocycles. The zero-order valence-electron chi connectivity index (χ0n) is 9.56. The monoisotopic (exact) mass is 240 g/mol. The number of amidine groups is 1. The fourth-order valence-electron chi connectivity index (χ4n) is 1.71. The fourth-order valence-corrected chi connectivity index (χ4v) is 2.37. The first kappa shape index (κ1) is 13.1. The topological polar surface area (TPSA) is 76.8 Å². The predicted molar refractivity (Wildman–Crippen MR) is 72.8 cm³/mol. The minimum atomic E-state index is 0.0751. The second-order valence-corrected chi connectivity index (χ2v) is 4.83. The Labute approximate surface area is 101 Å². The summed E-state index contributed by atoms with van der Waals surface area (Å²) in [5.74, 6) is 0.855. The third kappa shape index (κ3) is 5.21. The summed E-state index contributed by atoms with van der Waals surface area (Å²) < 4.78 is 0. The Morgan fingerprint density at radius 1 is 1.31 bits per heavy atom. The summed E-state index contributed by atoms with van der Waals surface area (Å²) in [6.45, 7) is 3.67. The summed E-state index contributed by atoms with van der Waals surface area (Å²) in [6.07, 6.45) is 7.97. The van der Waals surface area contributed by atoms with Crippen LogP contribution >= 0.6 is 11.8 Å². The number of nitrogens with two attached hydrogens (primary N) is 2. The van der Waals surface area contributed by atoms with E-state index in [1.54, 1.807) is 0 Å². The van der Waals surface area contributed by atoms with E-state index in [4.69, 9.17) is 11.5 Å². The molecule has 0 saturated heterocycles. The van der Waals surface area contributed by atoms with E-state index in [-0.39, 0.29) is 5.96 Å². The van der Waals surface area contributed by atoms with Gasteiger partial charge in [-0.3, -0.25) is 4.99 Å². The normalized spacial score (nSPS) is 18.1. The number of rotatable bonds is 3. The Morgan fingerprint density at radius 2 is 2.00 bits per heavy atom. The molecule has 0 bridgehead atoms. The van der Waals surface area contributed by atoms with Crippen LogP contribution in [0.1, 0.15) is 32.1 Å². The van der Waals surface area contributed by atoms with E-state index in [0.717, 1.165) is 18.6 Å². The second kappa shape index (κ2) is 7.33. The van der Waals surface area contributed by atoms with Crippen LogP contribution in [-0.2, 0) is 0 Å². The number of hydrogen-bond donors (Lipinski definition) is 2. The van der Waals surface area contributed by atoms with Crippen molar-refractivity contribution in [3.8, 4) is 0 Å². The van der Waals surface area contributed by atoms with Gasteiger partial charge in [-0.25, -0.2) is 0 Å². The highest BCUT2D eigenvalue weighted by Gasteiger charge is 2.13. The number of thioether (sulfide) groups is 1. The van der Waals surface area contributed by atoms with Crippen LogP contribution < -0.4 is 11.5 Å². The zero-order valence-corrected chi connectivity index (χ0v) is 10.4. The highest BCUT2D eigenvalue weighted by Crippen LogP contribution is 2.21. The van der Waals surface area contributed by atoms with Crippen molar-refractivity contribution in [3.63, 3.8) is 0 Å². The Kier molecular flexibility index (Phi) is 6.00. The average Bonchev–Trinajstić information content (AvgIpc) is 2.26. The lowest BCUT2D eigenvalue weighted by Crippen LogP contribution is -2.24. The van der Waals surface area contributed by atoms with Crippen molar-refractivity contribution in [1.82, 2.24) is 0 Å². The molecule has 16 heavy (non-hydrogen) atoms. The highest BCUT2D eigenvalue weighted by molar-refractivity contribution is 8.14. The van der Waals surface area contributed by atoms with Crippen LogP contribution in [0.15, 0.2) is 22.6 Å². The number of guanidine groups is 1. The summed E-state index contributed by atoms with van der Waals surface area (Å²) in [4.78, 5) is 8.64. The molecule has 0 aliphatic heterocycles. The van der Waals surface area contributed by atoms with Crippen molar-refractivity contribution >= 4 is 22.9 Å². The molecule has 0 aromatic rings. The van der Waals surface area contributed by atoms with Gasteiger partial charge in [0.05, 0.1) is 6.04 Å². The van der Waals surface area contributed by atoms with Crippen molar-refractivity contribution in [1.29, 1.82) is 0 Å². The number of hydrogen-bond acceptors (Lipinski definition) is 2. The Morgan fingerprint density at radius 3 is 2.56 bits per heavy atom. The van der Waals surface area contributed by atoms with Crippen LogP contribution in [0.2, 0.25) is 0 Å². The highest BCUT2D eigenvalue weighted by atomic mass is 32.2. The summed E-state index contributed by atoms with van der Waals surface area (Å²) in [7, 11) is 0. The SMILES string of the molecule is C=CCSC(N=C(N)N)=NC1CCCCC1. The minimum absolute atomic E-state index is 0.0751. The molecular formula is C11H20N4S. The maximum Gasteiger partial charge on any atom is 0.193 e. The molecule has 0 spiro atoms. The van der Waals surface area contributed by atoms with E-state index >= 15 is 0 Å². The average molecular weight is 240 g/mol. The van der Waals surface area contributed by atoms with Crippen LogP contribution in [0, 0.1) is 0 Å². The largest absolute Gasteiger partial charge is 0.370 e. The first-order valence-electron chi connectivity index (χ1n) is 5.63. The molecule has 90 valence electrons. The van der Waals surface area contributed by atoms with Crippen molar-refractivity contribution in [2.24, 2.45) is 21.5 Å². The molecule has 5 heteroatoms. The summed E-state index contributed by atoms with van der Waals surface area (Å²) >= 11 is 1.53. The van der Waals surface area contributed by atoms with Crippen molar-refractivity contribution < 1.29 is 0 Å². The van der Waals surface area contributed by atoms with Gasteiger partial charge >= 0.3 is 0 Å². The van der Waals surface area contributed by atoms with Gasteiger partial charge in [0.25, 0.3) is 0 Å². The standard InChI is InChI=1S/C11H20N4S/c1-2-8-16-11(15-10(12)13)14-9-6-4-3-5-7-9/h2,9H,1,3-8H2,(H4,12,13,14,15). The molecule has 0 aromatic heterocycles. The summed E-state index contributed by atoms with van der Waals surface area (Å²) in [5.41, 5.74) is 10.8. The number of aliphatic imine (C=N–C) groups is 2. The van der Waals surface area contributed by atoms with E-state index in [9.17, 15) is 0 Å². The van der Waals surface area contributed by atoms with Crippen LogP contribution in [0.25, 0.3) is 0 Å². The van der Waals surface area contributed by atoms with Crippen LogP contribution in [0.4, 0.5) is 0 Å². The van der Waals surface area contributed by atoms with Crippen LogP contribution in [0.3, 0.4) is 0 Å². The van der Waals surface area contributed by atoms with E-state index in [1.165, 1.54) is 31.0 Å². The third-order valence-corrected chi connectivity index (χ3v) is 3.28. The maximum atomic E-state index is 5.38. The molecule has 4 nitrogen and oxygen atoms in total. The molecule has 0 atom stereocenters. The number of nitrogens with zero attached hydrogens (tertiary/aromatic N) is 2. The predicted octanol–water partition coefficient (Wildman–Crippen LogP) is 1.87. The van der Waals surface area contributed by atoms with Crippen LogP contribution in [-0.4, -0.2) is 22.9 Å². The molecule has 0 aromatic carbocycles. The lowest BCUT2D eigenvalue weighted by molar-refractivity contribution is 0.444. The molecule has 0 radical (unpaired) electrons. The van der Waals surface area contributed by atoms with E-state index in [1.807, 2.05) is 6.08 Å². The Balaban J connectivity index is 2.61. The van der Waals surface area contributed by atoms with E-state index < -0.39 is 0 Å². The smallest absolute Gasteiger partial charge is 0.193 e. The molecule has 1 rings (SSSR count). The summed E-state index contributed by atoms with van der Waals surface area (Å²) in [6, 6.07) is 0.393. The third-order valence-electron chi connectivity index (χ3n) is 2.42. The molecular weight excluding hydrogens is 220 g/mol. The van der Waals surface area contributed by atoms with Gasteiger partial charge in [0.15, 0.2) is 11.1 Å². The van der Waals surface area contributed by atoms with Gasteiger partial charge in [-0.05, 0) is 12.8 Å². The molecule has 0 unspecified atom stereocenters. The Hall–Kier alpha value is -0.970. The van der Waals surface area contributed by atoms with Gasteiger partial charge in [0, 0.05) is 5.75 Å². The minimum Gasteiger partial charge on any atom is -0.370 e.